The summed E-state index contributed by atoms with van der Waals surface area (Å²) < 4.78 is 28.7. The van der Waals surface area contributed by atoms with Crippen molar-refractivity contribution in [2.75, 3.05) is 6.54 Å². The molecule has 0 aliphatic heterocycles. The summed E-state index contributed by atoms with van der Waals surface area (Å²) in [7, 11) is -3.51. The van der Waals surface area contributed by atoms with Crippen LogP contribution in [0.3, 0.4) is 0 Å². The van der Waals surface area contributed by atoms with E-state index < -0.39 is 10.0 Å². The number of rotatable bonds is 5. The van der Waals surface area contributed by atoms with Crippen LogP contribution in [0.5, 0.6) is 0 Å². The molecule has 1 fully saturated rings. The molecule has 3 nitrogen and oxygen atoms in total. The van der Waals surface area contributed by atoms with E-state index in [1.54, 1.807) is 0 Å². The van der Waals surface area contributed by atoms with E-state index >= 15 is 0 Å². The number of hydrogen-bond acceptors (Lipinski definition) is 2. The molecule has 0 atom stereocenters. The Labute approximate surface area is 145 Å². The Morgan fingerprint density at radius 3 is 2.08 bits per heavy atom. The Kier molecular flexibility index (Phi) is 4.54. The molecule has 1 aliphatic carbocycles. The molecule has 0 amide bonds. The molecule has 1 saturated carbocycles. The largest absolute Gasteiger partial charge is 0.241 e. The lowest BCUT2D eigenvalue weighted by Gasteiger charge is -2.42. The van der Waals surface area contributed by atoms with E-state index in [1.807, 2.05) is 51.1 Å². The Hall–Kier alpha value is -1.65. The van der Waals surface area contributed by atoms with Gasteiger partial charge in [-0.1, -0.05) is 54.4 Å². The number of sulfonamides is 1. The smallest absolute Gasteiger partial charge is 0.210 e. The molecule has 0 saturated heterocycles. The van der Waals surface area contributed by atoms with Gasteiger partial charge in [0.15, 0.2) is 0 Å². The first-order valence-electron chi connectivity index (χ1n) is 8.47. The van der Waals surface area contributed by atoms with E-state index in [-0.39, 0.29) is 5.41 Å². The fourth-order valence-corrected chi connectivity index (χ4v) is 5.44. The van der Waals surface area contributed by atoms with Gasteiger partial charge in [-0.15, -0.1) is 0 Å². The first-order chi connectivity index (χ1) is 11.3. The topological polar surface area (TPSA) is 46.2 Å². The average Bonchev–Trinajstić information content (AvgIpc) is 2.45. The molecule has 0 spiro atoms. The third-order valence-electron chi connectivity index (χ3n) is 5.17. The highest BCUT2D eigenvalue weighted by molar-refractivity contribution is 7.89. The maximum atomic E-state index is 12.9. The van der Waals surface area contributed by atoms with Crippen LogP contribution in [0.1, 0.15) is 41.5 Å². The predicted octanol–water partition coefficient (Wildman–Crippen LogP) is 4.01. The molecule has 3 rings (SSSR count). The van der Waals surface area contributed by atoms with Crippen LogP contribution in [0.2, 0.25) is 0 Å². The van der Waals surface area contributed by atoms with E-state index in [4.69, 9.17) is 0 Å². The summed E-state index contributed by atoms with van der Waals surface area (Å²) >= 11 is 0. The molecule has 0 bridgehead atoms. The van der Waals surface area contributed by atoms with Crippen molar-refractivity contribution in [3.8, 4) is 0 Å². The van der Waals surface area contributed by atoms with E-state index in [1.165, 1.54) is 5.56 Å². The van der Waals surface area contributed by atoms with Gasteiger partial charge in [-0.25, -0.2) is 13.1 Å². The SMILES string of the molecule is Cc1cc(C)c(S(=O)(=O)NCC2(c3ccccc3)CCC2)c(C)c1. The Morgan fingerprint density at radius 1 is 1.00 bits per heavy atom. The molecule has 0 heterocycles. The van der Waals surface area contributed by atoms with Crippen molar-refractivity contribution in [1.29, 1.82) is 0 Å². The minimum atomic E-state index is -3.51. The maximum absolute atomic E-state index is 12.9. The molecule has 1 aliphatic rings. The van der Waals surface area contributed by atoms with Gasteiger partial charge in [-0.05, 0) is 50.3 Å². The molecule has 2 aromatic rings. The van der Waals surface area contributed by atoms with Gasteiger partial charge in [0.2, 0.25) is 10.0 Å². The highest BCUT2D eigenvalue weighted by Crippen LogP contribution is 2.43. The van der Waals surface area contributed by atoms with Gasteiger partial charge >= 0.3 is 0 Å². The summed E-state index contributed by atoms with van der Waals surface area (Å²) in [4.78, 5) is 0.427. The predicted molar refractivity (Wildman–Crippen MR) is 97.8 cm³/mol. The molecule has 0 aromatic heterocycles. The third-order valence-corrected chi connectivity index (χ3v) is 6.88. The van der Waals surface area contributed by atoms with E-state index in [0.29, 0.717) is 11.4 Å². The van der Waals surface area contributed by atoms with Gasteiger partial charge in [0.05, 0.1) is 4.90 Å². The second-order valence-corrected chi connectivity index (χ2v) is 8.76. The fourth-order valence-electron chi connectivity index (χ4n) is 3.86. The Balaban J connectivity index is 1.86. The standard InChI is InChI=1S/C20H25NO2S/c1-15-12-16(2)19(17(3)13-15)24(22,23)21-14-20(10-7-11-20)18-8-5-4-6-9-18/h4-6,8-9,12-13,21H,7,10-11,14H2,1-3H3. The zero-order valence-electron chi connectivity index (χ0n) is 14.6. The third kappa shape index (κ3) is 3.13. The summed E-state index contributed by atoms with van der Waals surface area (Å²) in [6.07, 6.45) is 3.22. The highest BCUT2D eigenvalue weighted by Gasteiger charge is 2.39. The molecule has 4 heteroatoms. The minimum absolute atomic E-state index is 0.0547. The lowest BCUT2D eigenvalue weighted by atomic mass is 9.64. The summed E-state index contributed by atoms with van der Waals surface area (Å²) in [6.45, 7) is 6.18. The number of benzene rings is 2. The molecular formula is C20H25NO2S. The van der Waals surface area contributed by atoms with Gasteiger partial charge in [0.25, 0.3) is 0 Å². The van der Waals surface area contributed by atoms with E-state index in [2.05, 4.69) is 16.9 Å². The van der Waals surface area contributed by atoms with Crippen molar-refractivity contribution < 1.29 is 8.42 Å². The average molecular weight is 343 g/mol. The maximum Gasteiger partial charge on any atom is 0.241 e. The van der Waals surface area contributed by atoms with Crippen molar-refractivity contribution in [3.05, 3.63) is 64.7 Å². The molecule has 1 N–H and O–H groups in total. The van der Waals surface area contributed by atoms with Crippen molar-refractivity contribution >= 4 is 10.0 Å². The van der Waals surface area contributed by atoms with Crippen LogP contribution < -0.4 is 4.72 Å². The van der Waals surface area contributed by atoms with Crippen LogP contribution in [-0.4, -0.2) is 15.0 Å². The number of hydrogen-bond donors (Lipinski definition) is 1. The van der Waals surface area contributed by atoms with Crippen LogP contribution >= 0.6 is 0 Å². The fraction of sp³-hybridized carbons (Fsp3) is 0.400. The quantitative estimate of drug-likeness (QED) is 0.891. The number of aryl methyl sites for hydroxylation is 3. The zero-order valence-corrected chi connectivity index (χ0v) is 15.4. The van der Waals surface area contributed by atoms with Crippen molar-refractivity contribution in [2.24, 2.45) is 0 Å². The lowest BCUT2D eigenvalue weighted by Crippen LogP contribution is -2.45. The summed E-state index contributed by atoms with van der Waals surface area (Å²) in [6, 6.07) is 14.1. The number of nitrogens with one attached hydrogen (secondary N) is 1. The molecule has 2 aromatic carbocycles. The zero-order chi connectivity index (χ0) is 17.4. The Bertz CT molecular complexity index is 814. The molecule has 24 heavy (non-hydrogen) atoms. The van der Waals surface area contributed by atoms with Crippen LogP contribution in [0.15, 0.2) is 47.4 Å². The van der Waals surface area contributed by atoms with Crippen LogP contribution in [-0.2, 0) is 15.4 Å². The monoisotopic (exact) mass is 343 g/mol. The van der Waals surface area contributed by atoms with Crippen molar-refractivity contribution in [3.63, 3.8) is 0 Å². The summed E-state index contributed by atoms with van der Waals surface area (Å²) in [5, 5.41) is 0. The minimum Gasteiger partial charge on any atom is -0.210 e. The van der Waals surface area contributed by atoms with Gasteiger partial charge in [0.1, 0.15) is 0 Å². The second-order valence-electron chi connectivity index (χ2n) is 7.05. The molecule has 0 radical (unpaired) electrons. The molecular weight excluding hydrogens is 318 g/mol. The van der Waals surface area contributed by atoms with Crippen molar-refractivity contribution in [1.82, 2.24) is 4.72 Å². The van der Waals surface area contributed by atoms with E-state index in [0.717, 1.165) is 36.0 Å². The van der Waals surface area contributed by atoms with Gasteiger partial charge < -0.3 is 0 Å². The van der Waals surface area contributed by atoms with Gasteiger partial charge in [0, 0.05) is 12.0 Å². The normalized spacial score (nSPS) is 16.6. The summed E-state index contributed by atoms with van der Waals surface area (Å²) in [5.41, 5.74) is 3.88. The molecule has 0 unspecified atom stereocenters. The molecule has 128 valence electrons. The highest BCUT2D eigenvalue weighted by atomic mass is 32.2. The first-order valence-corrected chi connectivity index (χ1v) is 9.95. The van der Waals surface area contributed by atoms with Crippen LogP contribution in [0.25, 0.3) is 0 Å². The van der Waals surface area contributed by atoms with Crippen LogP contribution in [0.4, 0.5) is 0 Å². The summed E-state index contributed by atoms with van der Waals surface area (Å²) in [5.74, 6) is 0. The van der Waals surface area contributed by atoms with Gasteiger partial charge in [-0.2, -0.15) is 0 Å². The van der Waals surface area contributed by atoms with Crippen molar-refractivity contribution in [2.45, 2.75) is 50.3 Å². The lowest BCUT2D eigenvalue weighted by molar-refractivity contribution is 0.245. The second kappa shape index (κ2) is 6.34. The van der Waals surface area contributed by atoms with Crippen LogP contribution in [0, 0.1) is 20.8 Å². The first kappa shape index (κ1) is 17.2. The van der Waals surface area contributed by atoms with Gasteiger partial charge in [-0.3, -0.25) is 0 Å². The Morgan fingerprint density at radius 2 is 1.58 bits per heavy atom. The van der Waals surface area contributed by atoms with E-state index in [9.17, 15) is 8.42 Å².